The molecule has 1 N–H and O–H groups in total. The lowest BCUT2D eigenvalue weighted by Gasteiger charge is -2.17. The van der Waals surface area contributed by atoms with Gasteiger partial charge in [0.05, 0.1) is 6.54 Å². The van der Waals surface area contributed by atoms with E-state index in [1.165, 1.54) is 5.56 Å². The Kier molecular flexibility index (Phi) is 5.20. The van der Waals surface area contributed by atoms with Crippen LogP contribution in [0.1, 0.15) is 32.8 Å². The highest BCUT2D eigenvalue weighted by Gasteiger charge is 2.15. The Morgan fingerprint density at radius 2 is 1.83 bits per heavy atom. The summed E-state index contributed by atoms with van der Waals surface area (Å²) in [6, 6.07) is 7.89. The number of hydrogen-bond donors (Lipinski definition) is 1. The normalized spacial score (nSPS) is 11.1. The molecule has 1 aromatic carbocycles. The van der Waals surface area contributed by atoms with Crippen LogP contribution in [-0.4, -0.2) is 19.1 Å². The molecule has 18 heavy (non-hydrogen) atoms. The molecule has 0 saturated heterocycles. The van der Waals surface area contributed by atoms with Crippen molar-refractivity contribution in [3.63, 3.8) is 0 Å². The number of rotatable bonds is 5. The first kappa shape index (κ1) is 14.6. The molecule has 0 aliphatic carbocycles. The largest absolute Gasteiger partial charge is 0.492 e. The van der Waals surface area contributed by atoms with Crippen molar-refractivity contribution < 1.29 is 9.53 Å². The Morgan fingerprint density at radius 3 is 2.39 bits per heavy atom. The smallest absolute Gasteiger partial charge is 0.220 e. The van der Waals surface area contributed by atoms with Crippen molar-refractivity contribution in [2.45, 2.75) is 34.1 Å². The average molecular weight is 249 g/mol. The molecule has 0 radical (unpaired) electrons. The molecule has 0 atom stereocenters. The van der Waals surface area contributed by atoms with Crippen LogP contribution in [0.25, 0.3) is 0 Å². The highest BCUT2D eigenvalue weighted by Crippen LogP contribution is 2.17. The Bertz CT molecular complexity index is 376. The van der Waals surface area contributed by atoms with E-state index in [1.54, 1.807) is 0 Å². The molecule has 0 saturated carbocycles. The van der Waals surface area contributed by atoms with E-state index in [0.29, 0.717) is 19.6 Å². The summed E-state index contributed by atoms with van der Waals surface area (Å²) in [6.07, 6.45) is 0.539. The predicted octanol–water partition coefficient (Wildman–Crippen LogP) is 2.93. The number of aryl methyl sites for hydroxylation is 1. The van der Waals surface area contributed by atoms with Crippen molar-refractivity contribution in [2.75, 3.05) is 13.2 Å². The van der Waals surface area contributed by atoms with Crippen molar-refractivity contribution >= 4 is 5.91 Å². The molecular weight excluding hydrogens is 226 g/mol. The summed E-state index contributed by atoms with van der Waals surface area (Å²) >= 11 is 0. The summed E-state index contributed by atoms with van der Waals surface area (Å²) in [5.41, 5.74) is 1.24. The minimum atomic E-state index is 0.0297. The van der Waals surface area contributed by atoms with E-state index in [2.05, 4.69) is 26.1 Å². The predicted molar refractivity (Wildman–Crippen MR) is 73.8 cm³/mol. The zero-order valence-electron chi connectivity index (χ0n) is 11.7. The van der Waals surface area contributed by atoms with Gasteiger partial charge in [0.2, 0.25) is 5.91 Å². The van der Waals surface area contributed by atoms with Crippen LogP contribution >= 0.6 is 0 Å². The molecule has 1 aromatic rings. The van der Waals surface area contributed by atoms with Gasteiger partial charge in [-0.05, 0) is 24.5 Å². The van der Waals surface area contributed by atoms with E-state index in [0.717, 1.165) is 5.75 Å². The zero-order valence-corrected chi connectivity index (χ0v) is 11.7. The molecule has 0 aliphatic heterocycles. The second-order valence-corrected chi connectivity index (χ2v) is 5.75. The third kappa shape index (κ3) is 6.28. The molecule has 0 heterocycles. The molecule has 3 heteroatoms. The molecule has 0 bridgehead atoms. The number of benzene rings is 1. The van der Waals surface area contributed by atoms with Gasteiger partial charge in [0.1, 0.15) is 12.4 Å². The second kappa shape index (κ2) is 6.43. The third-order valence-corrected chi connectivity index (χ3v) is 2.40. The fourth-order valence-electron chi connectivity index (χ4n) is 1.54. The maximum atomic E-state index is 11.5. The molecule has 0 spiro atoms. The summed E-state index contributed by atoms with van der Waals surface area (Å²) in [5, 5.41) is 2.86. The molecule has 0 unspecified atom stereocenters. The first-order chi connectivity index (χ1) is 8.37. The van der Waals surface area contributed by atoms with E-state index in [4.69, 9.17) is 4.74 Å². The number of hydrogen-bond acceptors (Lipinski definition) is 2. The van der Waals surface area contributed by atoms with Crippen molar-refractivity contribution in [3.05, 3.63) is 29.8 Å². The second-order valence-electron chi connectivity index (χ2n) is 5.75. The van der Waals surface area contributed by atoms with Crippen LogP contribution in [0.5, 0.6) is 5.75 Å². The number of carbonyl (C=O) groups is 1. The molecule has 0 fully saturated rings. The van der Waals surface area contributed by atoms with Gasteiger partial charge in [-0.2, -0.15) is 0 Å². The molecule has 3 nitrogen and oxygen atoms in total. The lowest BCUT2D eigenvalue weighted by Crippen LogP contribution is -2.30. The standard InChI is InChI=1S/C15H23NO2/c1-12-5-7-13(8-6-12)18-10-9-16-14(17)11-15(2,3)4/h5-8H,9-11H2,1-4H3,(H,16,17). The molecule has 1 rings (SSSR count). The SMILES string of the molecule is Cc1ccc(OCCNC(=O)CC(C)(C)C)cc1. The van der Waals surface area contributed by atoms with E-state index < -0.39 is 0 Å². The van der Waals surface area contributed by atoms with Crippen LogP contribution < -0.4 is 10.1 Å². The summed E-state index contributed by atoms with van der Waals surface area (Å²) in [4.78, 5) is 11.5. The molecule has 100 valence electrons. The lowest BCUT2D eigenvalue weighted by molar-refractivity contribution is -0.122. The van der Waals surface area contributed by atoms with E-state index in [9.17, 15) is 4.79 Å². The minimum Gasteiger partial charge on any atom is -0.492 e. The Hall–Kier alpha value is -1.51. The maximum absolute atomic E-state index is 11.5. The van der Waals surface area contributed by atoms with Crippen molar-refractivity contribution in [2.24, 2.45) is 5.41 Å². The van der Waals surface area contributed by atoms with Crippen molar-refractivity contribution in [3.8, 4) is 5.75 Å². The first-order valence-corrected chi connectivity index (χ1v) is 6.33. The van der Waals surface area contributed by atoms with Gasteiger partial charge in [-0.25, -0.2) is 0 Å². The molecular formula is C15H23NO2. The summed E-state index contributed by atoms with van der Waals surface area (Å²) in [5.74, 6) is 0.917. The first-order valence-electron chi connectivity index (χ1n) is 6.33. The van der Waals surface area contributed by atoms with Gasteiger partial charge in [0, 0.05) is 6.42 Å². The van der Waals surface area contributed by atoms with Gasteiger partial charge in [0.15, 0.2) is 0 Å². The van der Waals surface area contributed by atoms with E-state index in [-0.39, 0.29) is 11.3 Å². The highest BCUT2D eigenvalue weighted by atomic mass is 16.5. The third-order valence-electron chi connectivity index (χ3n) is 2.40. The van der Waals surface area contributed by atoms with Crippen molar-refractivity contribution in [1.29, 1.82) is 0 Å². The summed E-state index contributed by atoms with van der Waals surface area (Å²) in [7, 11) is 0. The van der Waals surface area contributed by atoms with Gasteiger partial charge in [-0.3, -0.25) is 4.79 Å². The molecule has 0 aromatic heterocycles. The fourth-order valence-corrected chi connectivity index (χ4v) is 1.54. The number of carbonyl (C=O) groups excluding carboxylic acids is 1. The van der Waals surface area contributed by atoms with Crippen LogP contribution in [0.2, 0.25) is 0 Å². The average Bonchev–Trinajstić information content (AvgIpc) is 2.24. The topological polar surface area (TPSA) is 38.3 Å². The van der Waals surface area contributed by atoms with E-state index >= 15 is 0 Å². The van der Waals surface area contributed by atoms with Gasteiger partial charge in [0.25, 0.3) is 0 Å². The lowest BCUT2D eigenvalue weighted by atomic mass is 9.92. The van der Waals surface area contributed by atoms with E-state index in [1.807, 2.05) is 31.2 Å². The Balaban J connectivity index is 2.19. The Morgan fingerprint density at radius 1 is 1.22 bits per heavy atom. The Labute approximate surface area is 110 Å². The quantitative estimate of drug-likeness (QED) is 0.815. The van der Waals surface area contributed by atoms with Crippen LogP contribution in [0.15, 0.2) is 24.3 Å². The van der Waals surface area contributed by atoms with Gasteiger partial charge < -0.3 is 10.1 Å². The minimum absolute atomic E-state index is 0.0297. The van der Waals surface area contributed by atoms with Gasteiger partial charge in [-0.15, -0.1) is 0 Å². The van der Waals surface area contributed by atoms with Gasteiger partial charge >= 0.3 is 0 Å². The maximum Gasteiger partial charge on any atom is 0.220 e. The number of amides is 1. The van der Waals surface area contributed by atoms with Gasteiger partial charge in [-0.1, -0.05) is 38.5 Å². The van der Waals surface area contributed by atoms with Crippen LogP contribution in [0, 0.1) is 12.3 Å². The summed E-state index contributed by atoms with van der Waals surface area (Å²) < 4.78 is 5.53. The van der Waals surface area contributed by atoms with Crippen LogP contribution in [0.3, 0.4) is 0 Å². The fraction of sp³-hybridized carbons (Fsp3) is 0.533. The number of ether oxygens (including phenoxy) is 1. The molecule has 1 amide bonds. The zero-order chi connectivity index (χ0) is 13.6. The summed E-state index contributed by atoms with van der Waals surface area (Å²) in [6.45, 7) is 9.23. The van der Waals surface area contributed by atoms with Crippen LogP contribution in [0.4, 0.5) is 0 Å². The van der Waals surface area contributed by atoms with Crippen LogP contribution in [-0.2, 0) is 4.79 Å². The number of nitrogens with one attached hydrogen (secondary N) is 1. The van der Waals surface area contributed by atoms with Crippen molar-refractivity contribution in [1.82, 2.24) is 5.32 Å². The molecule has 0 aliphatic rings. The monoisotopic (exact) mass is 249 g/mol. The highest BCUT2D eigenvalue weighted by molar-refractivity contribution is 5.76.